The predicted molar refractivity (Wildman–Crippen MR) is 206 cm³/mol. The standard InChI is InChI=1S/C40H45N9O6/c1-6-34(51)43-29-14-24(7-8-27(29)33-18-47(25-21-55-22-25)19-35(52)46(33)5)42-36-39(54)45(4)17-30(44-36)26-9-10-41-37(28(26)20-50)49-12-11-48-31(38(49)53)13-23-15-40(2,3)16-32(23)48/h6-10,13-14,17,25,33,50H,1,11-12,15-16,18-22H2,2-5H3,(H,42,44)(H,43,51). The topological polar surface area (TPSA) is 167 Å². The highest BCUT2D eigenvalue weighted by Crippen LogP contribution is 2.40. The number of nitrogens with zero attached hydrogens (tertiary/aromatic N) is 7. The number of hydrogen-bond acceptors (Lipinski definition) is 10. The van der Waals surface area contributed by atoms with Crippen LogP contribution in [0.3, 0.4) is 0 Å². The lowest BCUT2D eigenvalue weighted by Gasteiger charge is -2.45. The maximum absolute atomic E-state index is 13.9. The zero-order chi connectivity index (χ0) is 38.8. The second-order valence-corrected chi connectivity index (χ2v) is 15.6. The Hall–Kier alpha value is -5.64. The molecule has 3 N–H and O–H groups in total. The monoisotopic (exact) mass is 747 g/mol. The van der Waals surface area contributed by atoms with Gasteiger partial charge in [-0.25, -0.2) is 9.97 Å². The number of aromatic nitrogens is 4. The fourth-order valence-electron chi connectivity index (χ4n) is 8.28. The van der Waals surface area contributed by atoms with Crippen LogP contribution in [-0.2, 0) is 47.4 Å². The molecule has 0 radical (unpaired) electrons. The summed E-state index contributed by atoms with van der Waals surface area (Å²) >= 11 is 0. The summed E-state index contributed by atoms with van der Waals surface area (Å²) in [6.45, 7) is 10.7. The summed E-state index contributed by atoms with van der Waals surface area (Å²) in [5.41, 5.74) is 5.75. The molecule has 8 rings (SSSR count). The van der Waals surface area contributed by atoms with Crippen LogP contribution in [0, 0.1) is 5.41 Å². The molecule has 15 heteroatoms. The predicted octanol–water partition coefficient (Wildman–Crippen LogP) is 3.00. The minimum atomic E-state index is -0.429. The molecule has 1 unspecified atom stereocenters. The van der Waals surface area contributed by atoms with Gasteiger partial charge in [-0.1, -0.05) is 26.5 Å². The van der Waals surface area contributed by atoms with Gasteiger partial charge in [0, 0.05) is 74.3 Å². The highest BCUT2D eigenvalue weighted by molar-refractivity contribution is 6.06. The SMILES string of the molecule is C=CC(=O)Nc1cc(Nc2nc(-c3ccnc(N4CCn5c(cc6c5CC(C)(C)C6)C4=O)c3CO)cn(C)c2=O)ccc1C1CN(C2COC2)CC(=O)N1C. The summed E-state index contributed by atoms with van der Waals surface area (Å²) in [6.07, 6.45) is 6.16. The summed E-state index contributed by atoms with van der Waals surface area (Å²) in [4.78, 5) is 67.8. The third kappa shape index (κ3) is 6.51. The lowest BCUT2D eigenvalue weighted by molar-refractivity contribution is -0.146. The Bertz CT molecular complexity index is 2310. The van der Waals surface area contributed by atoms with E-state index in [1.807, 2.05) is 12.1 Å². The molecule has 3 aliphatic heterocycles. The first kappa shape index (κ1) is 36.3. The number of aliphatic hydroxyl groups excluding tert-OH is 1. The largest absolute Gasteiger partial charge is 0.392 e. The molecule has 3 aromatic heterocycles. The lowest BCUT2D eigenvalue weighted by Crippen LogP contribution is -2.58. The molecule has 286 valence electrons. The second kappa shape index (κ2) is 13.9. The molecule has 4 aliphatic rings. The molecule has 0 saturated carbocycles. The number of benzene rings is 1. The van der Waals surface area contributed by atoms with E-state index < -0.39 is 18.1 Å². The normalized spacial score (nSPS) is 19.5. The van der Waals surface area contributed by atoms with Gasteiger partial charge in [0.25, 0.3) is 11.5 Å². The van der Waals surface area contributed by atoms with E-state index >= 15 is 0 Å². The summed E-state index contributed by atoms with van der Waals surface area (Å²) in [5.74, 6) is -0.298. The summed E-state index contributed by atoms with van der Waals surface area (Å²) in [5, 5.41) is 16.8. The molecule has 15 nitrogen and oxygen atoms in total. The fourth-order valence-corrected chi connectivity index (χ4v) is 8.28. The van der Waals surface area contributed by atoms with Gasteiger partial charge >= 0.3 is 0 Å². The van der Waals surface area contributed by atoms with Crippen molar-refractivity contribution in [3.05, 3.63) is 93.8 Å². The number of aryl methyl sites for hydroxylation is 1. The second-order valence-electron chi connectivity index (χ2n) is 15.6. The maximum atomic E-state index is 13.9. The molecule has 1 aromatic carbocycles. The highest BCUT2D eigenvalue weighted by Gasteiger charge is 2.39. The number of amides is 3. The van der Waals surface area contributed by atoms with Crippen molar-refractivity contribution in [1.29, 1.82) is 0 Å². The van der Waals surface area contributed by atoms with E-state index in [-0.39, 0.29) is 35.1 Å². The number of rotatable bonds is 9. The lowest BCUT2D eigenvalue weighted by atomic mass is 9.90. The van der Waals surface area contributed by atoms with E-state index in [0.717, 1.165) is 18.4 Å². The highest BCUT2D eigenvalue weighted by atomic mass is 16.5. The summed E-state index contributed by atoms with van der Waals surface area (Å²) in [7, 11) is 3.36. The van der Waals surface area contributed by atoms with Crippen LogP contribution in [0.4, 0.5) is 23.0 Å². The number of aliphatic hydroxyl groups is 1. The first-order chi connectivity index (χ1) is 26.3. The number of nitrogens with one attached hydrogen (secondary N) is 2. The van der Waals surface area contributed by atoms with Gasteiger partial charge in [0.05, 0.1) is 44.1 Å². The molecular weight excluding hydrogens is 702 g/mol. The van der Waals surface area contributed by atoms with Crippen molar-refractivity contribution in [2.45, 2.75) is 51.9 Å². The van der Waals surface area contributed by atoms with Gasteiger partial charge in [-0.3, -0.25) is 29.0 Å². The van der Waals surface area contributed by atoms with Gasteiger partial charge in [0.2, 0.25) is 11.8 Å². The number of piperazine rings is 1. The smallest absolute Gasteiger partial charge is 0.293 e. The number of hydrogen-bond donors (Lipinski definition) is 3. The van der Waals surface area contributed by atoms with E-state index in [1.165, 1.54) is 21.9 Å². The number of ether oxygens (including phenoxy) is 1. The fraction of sp³-hybridized carbons (Fsp3) is 0.400. The van der Waals surface area contributed by atoms with Crippen molar-refractivity contribution in [1.82, 2.24) is 28.9 Å². The molecule has 6 heterocycles. The van der Waals surface area contributed by atoms with E-state index in [9.17, 15) is 24.3 Å². The molecule has 4 aromatic rings. The first-order valence-electron chi connectivity index (χ1n) is 18.5. The maximum Gasteiger partial charge on any atom is 0.293 e. The zero-order valence-electron chi connectivity index (χ0n) is 31.5. The molecule has 1 aliphatic carbocycles. The van der Waals surface area contributed by atoms with Crippen LogP contribution in [0.2, 0.25) is 0 Å². The van der Waals surface area contributed by atoms with Crippen molar-refractivity contribution in [2.24, 2.45) is 12.5 Å². The number of anilines is 4. The van der Waals surface area contributed by atoms with Crippen LogP contribution >= 0.6 is 0 Å². The Kier molecular flexibility index (Phi) is 9.18. The first-order valence-corrected chi connectivity index (χ1v) is 18.5. The third-order valence-electron chi connectivity index (χ3n) is 11.3. The van der Waals surface area contributed by atoms with Gasteiger partial charge < -0.3 is 34.5 Å². The zero-order valence-corrected chi connectivity index (χ0v) is 31.5. The average Bonchev–Trinajstić information content (AvgIpc) is 3.63. The van der Waals surface area contributed by atoms with Crippen LogP contribution in [0.5, 0.6) is 0 Å². The summed E-state index contributed by atoms with van der Waals surface area (Å²) < 4.78 is 8.90. The van der Waals surface area contributed by atoms with E-state index in [1.54, 1.807) is 54.5 Å². The average molecular weight is 748 g/mol. The van der Waals surface area contributed by atoms with E-state index in [2.05, 4.69) is 45.5 Å². The van der Waals surface area contributed by atoms with Gasteiger partial charge in [0.15, 0.2) is 5.82 Å². The van der Waals surface area contributed by atoms with Crippen LogP contribution in [0.15, 0.2) is 60.2 Å². The Morgan fingerprint density at radius 1 is 1.11 bits per heavy atom. The molecule has 1 atom stereocenters. The van der Waals surface area contributed by atoms with Gasteiger partial charge in [-0.2, -0.15) is 0 Å². The quantitative estimate of drug-likeness (QED) is 0.217. The molecular formula is C40H45N9O6. The van der Waals surface area contributed by atoms with Crippen LogP contribution in [0.1, 0.15) is 52.8 Å². The minimum absolute atomic E-state index is 0.00133. The van der Waals surface area contributed by atoms with Gasteiger partial charge in [-0.05, 0) is 59.7 Å². The Morgan fingerprint density at radius 3 is 2.64 bits per heavy atom. The van der Waals surface area contributed by atoms with E-state index in [4.69, 9.17) is 9.72 Å². The van der Waals surface area contributed by atoms with E-state index in [0.29, 0.717) is 79.1 Å². The number of fused-ring (bicyclic) bond motifs is 3. The van der Waals surface area contributed by atoms with Crippen LogP contribution in [0.25, 0.3) is 11.3 Å². The summed E-state index contributed by atoms with van der Waals surface area (Å²) in [6, 6.07) is 8.81. The van der Waals surface area contributed by atoms with Crippen molar-refractivity contribution in [2.75, 3.05) is 55.4 Å². The third-order valence-corrected chi connectivity index (χ3v) is 11.3. The van der Waals surface area contributed by atoms with Crippen LogP contribution in [-0.4, -0.2) is 97.7 Å². The van der Waals surface area contributed by atoms with Gasteiger partial charge in [-0.15, -0.1) is 0 Å². The molecule has 2 saturated heterocycles. The molecule has 3 amide bonds. The number of carbonyl (C=O) groups is 3. The van der Waals surface area contributed by atoms with Crippen LogP contribution < -0.4 is 21.1 Å². The Labute approximate surface area is 318 Å². The van der Waals surface area contributed by atoms with Crippen molar-refractivity contribution < 1.29 is 24.2 Å². The molecule has 0 bridgehead atoms. The number of carbonyl (C=O) groups excluding carboxylic acids is 3. The number of likely N-dealkylation sites (N-methyl/N-ethyl adjacent to an activating group) is 1. The van der Waals surface area contributed by atoms with Gasteiger partial charge in [0.1, 0.15) is 11.5 Å². The Morgan fingerprint density at radius 2 is 1.91 bits per heavy atom. The molecule has 0 spiro atoms. The Balaban J connectivity index is 1.11. The minimum Gasteiger partial charge on any atom is -0.392 e. The van der Waals surface area contributed by atoms with Crippen molar-refractivity contribution in [3.8, 4) is 11.3 Å². The molecule has 55 heavy (non-hydrogen) atoms. The van der Waals surface area contributed by atoms with Crippen molar-refractivity contribution in [3.63, 3.8) is 0 Å². The number of pyridine rings is 1. The van der Waals surface area contributed by atoms with Crippen molar-refractivity contribution >= 4 is 40.7 Å². The molecule has 2 fully saturated rings.